The van der Waals surface area contributed by atoms with Crippen molar-refractivity contribution >= 4 is 29.0 Å². The summed E-state index contributed by atoms with van der Waals surface area (Å²) in [5.74, 6) is -0.0335. The molecule has 1 amide bonds. The van der Waals surface area contributed by atoms with Gasteiger partial charge in [-0.05, 0) is 12.5 Å². The van der Waals surface area contributed by atoms with Gasteiger partial charge in [0.05, 0.1) is 15.9 Å². The van der Waals surface area contributed by atoms with Gasteiger partial charge in [0.15, 0.2) is 0 Å². The molecule has 1 N–H and O–H groups in total. The Kier molecular flexibility index (Phi) is 2.82. The van der Waals surface area contributed by atoms with Gasteiger partial charge < -0.3 is 5.32 Å². The number of fused-ring (bicyclic) bond motifs is 1. The third-order valence-electron chi connectivity index (χ3n) is 2.37. The van der Waals surface area contributed by atoms with Crippen LogP contribution in [-0.4, -0.2) is 16.1 Å². The first-order valence-electron chi connectivity index (χ1n) is 4.87. The maximum Gasteiger partial charge on any atom is 0.270 e. The molecule has 0 spiro atoms. The fourth-order valence-corrected chi connectivity index (χ4v) is 2.59. The number of anilines is 1. The SMILES string of the molecule is CCC1Sc2cc([N+](=O)[O-])ccc2NC1=O. The van der Waals surface area contributed by atoms with E-state index < -0.39 is 4.92 Å². The number of carbonyl (C=O) groups excluding carboxylic acids is 1. The molecule has 1 atom stereocenters. The van der Waals surface area contributed by atoms with Crippen molar-refractivity contribution in [3.05, 3.63) is 28.3 Å². The van der Waals surface area contributed by atoms with E-state index in [4.69, 9.17) is 0 Å². The van der Waals surface area contributed by atoms with Crippen molar-refractivity contribution in [2.45, 2.75) is 23.5 Å². The number of hydrogen-bond donors (Lipinski definition) is 1. The largest absolute Gasteiger partial charge is 0.324 e. The highest BCUT2D eigenvalue weighted by molar-refractivity contribution is 8.01. The monoisotopic (exact) mass is 238 g/mol. The van der Waals surface area contributed by atoms with Crippen molar-refractivity contribution in [1.29, 1.82) is 0 Å². The Hall–Kier alpha value is -1.56. The molecule has 0 radical (unpaired) electrons. The number of nitro benzene ring substituents is 1. The fraction of sp³-hybridized carbons (Fsp3) is 0.300. The molecule has 84 valence electrons. The van der Waals surface area contributed by atoms with Crippen molar-refractivity contribution in [1.82, 2.24) is 0 Å². The molecule has 1 unspecified atom stereocenters. The molecule has 0 fully saturated rings. The minimum Gasteiger partial charge on any atom is -0.324 e. The summed E-state index contributed by atoms with van der Waals surface area (Å²) in [6.07, 6.45) is 0.707. The van der Waals surface area contributed by atoms with Gasteiger partial charge in [0.25, 0.3) is 5.69 Å². The molecule has 5 nitrogen and oxygen atoms in total. The van der Waals surface area contributed by atoms with Crippen molar-refractivity contribution in [3.8, 4) is 0 Å². The molecule has 6 heteroatoms. The van der Waals surface area contributed by atoms with Gasteiger partial charge in [-0.1, -0.05) is 6.92 Å². The van der Waals surface area contributed by atoms with Crippen LogP contribution < -0.4 is 5.32 Å². The summed E-state index contributed by atoms with van der Waals surface area (Å²) < 4.78 is 0. The van der Waals surface area contributed by atoms with Gasteiger partial charge in [0.2, 0.25) is 5.91 Å². The molecule has 1 aromatic carbocycles. The number of nitro groups is 1. The lowest BCUT2D eigenvalue weighted by atomic mass is 10.2. The van der Waals surface area contributed by atoms with Crippen LogP contribution in [0.4, 0.5) is 11.4 Å². The number of nitrogens with zero attached hydrogens (tertiary/aromatic N) is 1. The van der Waals surface area contributed by atoms with Gasteiger partial charge >= 0.3 is 0 Å². The number of non-ortho nitro benzene ring substituents is 1. The smallest absolute Gasteiger partial charge is 0.270 e. The number of hydrogen-bond acceptors (Lipinski definition) is 4. The standard InChI is InChI=1S/C10H10N2O3S/c1-2-8-10(13)11-7-4-3-6(12(14)15)5-9(7)16-8/h3-5,8H,2H2,1H3,(H,11,13). The highest BCUT2D eigenvalue weighted by Crippen LogP contribution is 2.38. The first kappa shape index (κ1) is 10.9. The Balaban J connectivity index is 2.37. The summed E-state index contributed by atoms with van der Waals surface area (Å²) in [4.78, 5) is 22.5. The topological polar surface area (TPSA) is 72.2 Å². The highest BCUT2D eigenvalue weighted by Gasteiger charge is 2.26. The molecule has 0 bridgehead atoms. The summed E-state index contributed by atoms with van der Waals surface area (Å²) in [6.45, 7) is 1.92. The average Bonchev–Trinajstić information content (AvgIpc) is 2.27. The quantitative estimate of drug-likeness (QED) is 0.634. The molecule has 0 saturated carbocycles. The lowest BCUT2D eigenvalue weighted by molar-refractivity contribution is -0.385. The van der Waals surface area contributed by atoms with Gasteiger partial charge in [-0.3, -0.25) is 14.9 Å². The summed E-state index contributed by atoms with van der Waals surface area (Å²) >= 11 is 1.38. The maximum absolute atomic E-state index is 11.5. The van der Waals surface area contributed by atoms with E-state index in [9.17, 15) is 14.9 Å². The van der Waals surface area contributed by atoms with E-state index in [2.05, 4.69) is 5.32 Å². The molecule has 2 rings (SSSR count). The highest BCUT2D eigenvalue weighted by atomic mass is 32.2. The number of thioether (sulfide) groups is 1. The van der Waals surface area contributed by atoms with Crippen molar-refractivity contribution in [2.24, 2.45) is 0 Å². The zero-order valence-corrected chi connectivity index (χ0v) is 9.41. The summed E-state index contributed by atoms with van der Waals surface area (Å²) in [6, 6.07) is 4.47. The van der Waals surface area contributed by atoms with Gasteiger partial charge in [-0.25, -0.2) is 0 Å². The Morgan fingerprint density at radius 2 is 2.31 bits per heavy atom. The molecule has 1 aliphatic rings. The van der Waals surface area contributed by atoms with Gasteiger partial charge in [-0.2, -0.15) is 0 Å². The summed E-state index contributed by atoms with van der Waals surface area (Å²) in [5, 5.41) is 13.2. The minimum atomic E-state index is -0.432. The normalized spacial score (nSPS) is 18.8. The van der Waals surface area contributed by atoms with Crippen LogP contribution in [-0.2, 0) is 4.79 Å². The van der Waals surface area contributed by atoms with Crippen LogP contribution >= 0.6 is 11.8 Å². The second kappa shape index (κ2) is 4.13. The third kappa shape index (κ3) is 1.88. The minimum absolute atomic E-state index is 0.0335. The van der Waals surface area contributed by atoms with Crippen LogP contribution in [0.25, 0.3) is 0 Å². The van der Waals surface area contributed by atoms with E-state index in [1.165, 1.54) is 23.9 Å². The van der Waals surface area contributed by atoms with Crippen molar-refractivity contribution in [2.75, 3.05) is 5.32 Å². The Morgan fingerprint density at radius 3 is 2.94 bits per heavy atom. The number of carbonyl (C=O) groups is 1. The lowest BCUT2D eigenvalue weighted by Gasteiger charge is -2.22. The number of nitrogens with one attached hydrogen (secondary N) is 1. The Labute approximate surface area is 96.4 Å². The number of amides is 1. The molecule has 0 saturated heterocycles. The van der Waals surface area contributed by atoms with Gasteiger partial charge in [-0.15, -0.1) is 11.8 Å². The van der Waals surface area contributed by atoms with E-state index in [1.807, 2.05) is 6.92 Å². The molecule has 1 aromatic rings. The van der Waals surface area contributed by atoms with E-state index in [0.717, 1.165) is 4.90 Å². The second-order valence-electron chi connectivity index (χ2n) is 3.44. The van der Waals surface area contributed by atoms with Crippen LogP contribution in [0, 0.1) is 10.1 Å². The van der Waals surface area contributed by atoms with Crippen molar-refractivity contribution in [3.63, 3.8) is 0 Å². The predicted molar refractivity (Wildman–Crippen MR) is 61.7 cm³/mol. The first-order valence-corrected chi connectivity index (χ1v) is 5.75. The summed E-state index contributed by atoms with van der Waals surface area (Å²) in [5.41, 5.74) is 0.711. The van der Waals surface area contributed by atoms with Crippen LogP contribution in [0.5, 0.6) is 0 Å². The third-order valence-corrected chi connectivity index (χ3v) is 3.79. The Bertz CT molecular complexity index is 461. The van der Waals surface area contributed by atoms with Crippen LogP contribution in [0.15, 0.2) is 23.1 Å². The molecule has 1 heterocycles. The number of benzene rings is 1. The van der Waals surface area contributed by atoms with Crippen LogP contribution in [0.2, 0.25) is 0 Å². The molecule has 0 aliphatic carbocycles. The van der Waals surface area contributed by atoms with Crippen LogP contribution in [0.3, 0.4) is 0 Å². The second-order valence-corrected chi connectivity index (χ2v) is 4.69. The molecular formula is C10H10N2O3S. The zero-order chi connectivity index (χ0) is 11.7. The average molecular weight is 238 g/mol. The van der Waals surface area contributed by atoms with E-state index in [0.29, 0.717) is 12.1 Å². The number of rotatable bonds is 2. The predicted octanol–water partition coefficient (Wildman–Crippen LogP) is 2.42. The van der Waals surface area contributed by atoms with Gasteiger partial charge in [0.1, 0.15) is 0 Å². The van der Waals surface area contributed by atoms with E-state index in [-0.39, 0.29) is 16.8 Å². The maximum atomic E-state index is 11.5. The van der Waals surface area contributed by atoms with E-state index >= 15 is 0 Å². The molecule has 1 aliphatic heterocycles. The molecule has 16 heavy (non-hydrogen) atoms. The molecular weight excluding hydrogens is 228 g/mol. The van der Waals surface area contributed by atoms with Crippen LogP contribution in [0.1, 0.15) is 13.3 Å². The van der Waals surface area contributed by atoms with Gasteiger partial charge in [0, 0.05) is 17.0 Å². The van der Waals surface area contributed by atoms with Crippen molar-refractivity contribution < 1.29 is 9.72 Å². The fourth-order valence-electron chi connectivity index (χ4n) is 1.51. The molecule has 0 aromatic heterocycles. The summed E-state index contributed by atoms with van der Waals surface area (Å²) in [7, 11) is 0. The lowest BCUT2D eigenvalue weighted by Crippen LogP contribution is -2.28. The zero-order valence-electron chi connectivity index (χ0n) is 8.60. The van der Waals surface area contributed by atoms with E-state index in [1.54, 1.807) is 6.07 Å². The first-order chi connectivity index (χ1) is 7.61. The Morgan fingerprint density at radius 1 is 1.56 bits per heavy atom.